The van der Waals surface area contributed by atoms with Crippen LogP contribution >= 0.6 is 31.9 Å². The van der Waals surface area contributed by atoms with Crippen LogP contribution in [0.4, 0.5) is 0 Å². The van der Waals surface area contributed by atoms with E-state index in [-0.39, 0.29) is 22.0 Å². The summed E-state index contributed by atoms with van der Waals surface area (Å²) in [6.45, 7) is 1.84. The van der Waals surface area contributed by atoms with Crippen LogP contribution in [-0.2, 0) is 9.53 Å². The first-order chi connectivity index (χ1) is 12.9. The Balaban J connectivity index is 2.18. The molecule has 2 heterocycles. The van der Waals surface area contributed by atoms with Crippen molar-refractivity contribution in [1.29, 1.82) is 0 Å². The highest BCUT2D eigenvalue weighted by Crippen LogP contribution is 2.37. The molecule has 0 aliphatic carbocycles. The molecule has 0 radical (unpaired) electrons. The van der Waals surface area contributed by atoms with E-state index in [0.717, 1.165) is 10.8 Å². The van der Waals surface area contributed by atoms with E-state index in [1.54, 1.807) is 12.1 Å². The van der Waals surface area contributed by atoms with Crippen molar-refractivity contribution in [3.8, 4) is 0 Å². The zero-order chi connectivity index (χ0) is 19.5. The summed E-state index contributed by atoms with van der Waals surface area (Å²) in [7, 11) is 1.27. The number of carbonyl (C=O) groups is 1. The highest BCUT2D eigenvalue weighted by atomic mass is 79.9. The largest absolute Gasteiger partial charge is 0.467 e. The Hall–Kier alpha value is -1.93. The van der Waals surface area contributed by atoms with Crippen LogP contribution in [0.1, 0.15) is 19.0 Å². The minimum absolute atomic E-state index is 0.239. The second kappa shape index (κ2) is 6.60. The molecule has 140 valence electrons. The molecule has 0 spiro atoms. The number of ether oxygens (including phenoxy) is 1. The Morgan fingerprint density at radius 2 is 1.48 bits per heavy atom. The smallest absolute Gasteiger partial charge is 0.331 e. The molecular formula is C19H16Br2N2O4. The first-order valence-electron chi connectivity index (χ1n) is 8.42. The monoisotopic (exact) mass is 494 g/mol. The molecule has 0 N–H and O–H groups in total. The summed E-state index contributed by atoms with van der Waals surface area (Å²) in [5, 5.41) is 2.38. The van der Waals surface area contributed by atoms with Crippen molar-refractivity contribution < 1.29 is 9.53 Å². The summed E-state index contributed by atoms with van der Waals surface area (Å²) < 4.78 is 7.53. The molecule has 0 unspecified atom stereocenters. The molecule has 4 atom stereocenters. The van der Waals surface area contributed by atoms with Gasteiger partial charge in [0.25, 0.3) is 11.1 Å². The van der Waals surface area contributed by atoms with Crippen LogP contribution in [0.3, 0.4) is 0 Å². The van der Waals surface area contributed by atoms with E-state index in [9.17, 15) is 14.4 Å². The lowest BCUT2D eigenvalue weighted by Gasteiger charge is -2.38. The summed E-state index contributed by atoms with van der Waals surface area (Å²) in [6.07, 6.45) is 0. The van der Waals surface area contributed by atoms with E-state index >= 15 is 0 Å². The second-order valence-electron chi connectivity index (χ2n) is 6.64. The van der Waals surface area contributed by atoms with Gasteiger partial charge in [-0.15, -0.1) is 0 Å². The van der Waals surface area contributed by atoms with Gasteiger partial charge in [-0.2, -0.15) is 0 Å². The zero-order valence-electron chi connectivity index (χ0n) is 14.6. The van der Waals surface area contributed by atoms with Crippen molar-refractivity contribution in [2.24, 2.45) is 0 Å². The number of rotatable bonds is 1. The minimum atomic E-state index is -0.952. The molecule has 1 aliphatic heterocycles. The molecule has 0 saturated heterocycles. The van der Waals surface area contributed by atoms with E-state index in [1.165, 1.54) is 16.5 Å². The molecule has 2 aromatic carbocycles. The number of carbonyl (C=O) groups excluding carboxylic acids is 1. The quantitative estimate of drug-likeness (QED) is 0.295. The number of methoxy groups -OCH3 is 1. The minimum Gasteiger partial charge on any atom is -0.467 e. The van der Waals surface area contributed by atoms with Gasteiger partial charge in [0.05, 0.1) is 33.6 Å². The van der Waals surface area contributed by atoms with Crippen molar-refractivity contribution >= 4 is 59.4 Å². The fourth-order valence-electron chi connectivity index (χ4n) is 3.74. The number of alkyl halides is 2. The maximum absolute atomic E-state index is 13.4. The number of aromatic nitrogens is 2. The predicted octanol–water partition coefficient (Wildman–Crippen LogP) is 3.13. The maximum Gasteiger partial charge on any atom is 0.331 e. The number of hydrogen-bond acceptors (Lipinski definition) is 4. The number of fused-ring (bicyclic) bond motifs is 3. The number of halogens is 2. The fraction of sp³-hybridized carbons (Fsp3) is 0.316. The first kappa shape index (κ1) is 18.4. The molecule has 1 aromatic heterocycles. The third-order valence-corrected chi connectivity index (χ3v) is 8.27. The van der Waals surface area contributed by atoms with Crippen LogP contribution < -0.4 is 11.1 Å². The lowest BCUT2D eigenvalue weighted by atomic mass is 10.0. The Morgan fingerprint density at radius 1 is 0.963 bits per heavy atom. The Kier molecular flexibility index (Phi) is 4.50. The van der Waals surface area contributed by atoms with E-state index in [1.807, 2.05) is 31.2 Å². The van der Waals surface area contributed by atoms with Gasteiger partial charge in [-0.1, -0.05) is 56.1 Å². The summed E-state index contributed by atoms with van der Waals surface area (Å²) in [5.41, 5.74) is -0.693. The molecule has 27 heavy (non-hydrogen) atoms. The van der Waals surface area contributed by atoms with Gasteiger partial charge in [-0.3, -0.25) is 9.59 Å². The molecule has 0 fully saturated rings. The van der Waals surface area contributed by atoms with Crippen molar-refractivity contribution in [1.82, 2.24) is 9.36 Å². The van der Waals surface area contributed by atoms with Gasteiger partial charge in [0, 0.05) is 0 Å². The lowest BCUT2D eigenvalue weighted by Crippen LogP contribution is -2.55. The van der Waals surface area contributed by atoms with Crippen molar-refractivity contribution in [2.75, 3.05) is 7.11 Å². The zero-order valence-corrected chi connectivity index (χ0v) is 17.7. The normalized spacial score (nSPS) is 24.7. The average Bonchev–Trinajstić information content (AvgIpc) is 2.68. The van der Waals surface area contributed by atoms with Crippen LogP contribution in [0, 0.1) is 0 Å². The molecule has 0 bridgehead atoms. The van der Waals surface area contributed by atoms with Gasteiger partial charge < -0.3 is 4.74 Å². The Morgan fingerprint density at radius 3 is 2.00 bits per heavy atom. The SMILES string of the molecule is COC(=O)[C@H]1[C@@H](Br)[C@H](Br)[C@@H](C)n2c(=O)c3cc4ccccc4cc3c(=O)n21. The summed E-state index contributed by atoms with van der Waals surface area (Å²) >= 11 is 7.07. The van der Waals surface area contributed by atoms with Crippen LogP contribution in [0.2, 0.25) is 0 Å². The average molecular weight is 496 g/mol. The van der Waals surface area contributed by atoms with Gasteiger partial charge in [0.1, 0.15) is 0 Å². The van der Waals surface area contributed by atoms with Crippen LogP contribution in [0.25, 0.3) is 21.5 Å². The van der Waals surface area contributed by atoms with E-state index in [4.69, 9.17) is 4.74 Å². The molecule has 0 amide bonds. The summed E-state index contributed by atoms with van der Waals surface area (Å²) in [5.74, 6) is -0.580. The van der Waals surface area contributed by atoms with Crippen LogP contribution in [-0.4, -0.2) is 32.1 Å². The molecule has 6 nitrogen and oxygen atoms in total. The highest BCUT2D eigenvalue weighted by molar-refractivity contribution is 9.12. The second-order valence-corrected chi connectivity index (χ2v) is 8.76. The van der Waals surface area contributed by atoms with Gasteiger partial charge in [-0.05, 0) is 29.8 Å². The van der Waals surface area contributed by atoms with E-state index < -0.39 is 16.8 Å². The Labute approximate surface area is 171 Å². The number of hydrogen-bond donors (Lipinski definition) is 0. The van der Waals surface area contributed by atoms with Gasteiger partial charge in [-0.25, -0.2) is 14.2 Å². The third-order valence-electron chi connectivity index (χ3n) is 5.15. The van der Waals surface area contributed by atoms with Gasteiger partial charge >= 0.3 is 5.97 Å². The van der Waals surface area contributed by atoms with Crippen molar-refractivity contribution in [3.63, 3.8) is 0 Å². The molecule has 1 aliphatic rings. The Bertz CT molecular complexity index is 1200. The number of nitrogens with zero attached hydrogens (tertiary/aromatic N) is 2. The highest BCUT2D eigenvalue weighted by Gasteiger charge is 2.44. The maximum atomic E-state index is 13.4. The van der Waals surface area contributed by atoms with Gasteiger partial charge in [0.15, 0.2) is 6.04 Å². The predicted molar refractivity (Wildman–Crippen MR) is 111 cm³/mol. The summed E-state index contributed by atoms with van der Waals surface area (Å²) in [6, 6.07) is 9.71. The fourth-order valence-corrected chi connectivity index (χ4v) is 5.13. The number of benzene rings is 2. The molecular weight excluding hydrogens is 480 g/mol. The van der Waals surface area contributed by atoms with Crippen LogP contribution in [0.15, 0.2) is 46.0 Å². The molecule has 8 heteroatoms. The number of esters is 1. The lowest BCUT2D eigenvalue weighted by molar-refractivity contribution is -0.146. The van der Waals surface area contributed by atoms with Crippen LogP contribution in [0.5, 0.6) is 0 Å². The summed E-state index contributed by atoms with van der Waals surface area (Å²) in [4.78, 5) is 38.5. The van der Waals surface area contributed by atoms with E-state index in [0.29, 0.717) is 10.8 Å². The van der Waals surface area contributed by atoms with Crippen molar-refractivity contribution in [3.05, 3.63) is 57.1 Å². The van der Waals surface area contributed by atoms with Crippen molar-refractivity contribution in [2.45, 2.75) is 28.7 Å². The standard InChI is InChI=1S/C19H16Br2N2O4/c1-9-14(20)15(21)16(19(26)27-2)23-18(25)13-8-11-6-4-3-5-10(11)7-12(13)17(24)22(9)23/h3-9,14-16H,1-2H3/t9-,14-,15+,16-/m1/s1. The third kappa shape index (κ3) is 2.61. The molecule has 3 aromatic rings. The molecule has 0 saturated carbocycles. The van der Waals surface area contributed by atoms with E-state index in [2.05, 4.69) is 31.9 Å². The topological polar surface area (TPSA) is 70.3 Å². The molecule has 4 rings (SSSR count). The van der Waals surface area contributed by atoms with Gasteiger partial charge in [0.2, 0.25) is 0 Å². The first-order valence-corrected chi connectivity index (χ1v) is 10.3.